The van der Waals surface area contributed by atoms with Gasteiger partial charge in [-0.15, -0.1) is 0 Å². The zero-order valence-electron chi connectivity index (χ0n) is 11.7. The molecule has 2 rings (SSSR count). The normalized spacial score (nSPS) is 9.33. The molecule has 0 fully saturated rings. The van der Waals surface area contributed by atoms with Gasteiger partial charge in [-0.05, 0) is 38.1 Å². The Morgan fingerprint density at radius 3 is 1.22 bits per heavy atom. The standard InChI is InChI=1S/C14H14O.C3H8/c1-11-3-7-13(8-4-11)15-14-9-5-12(2)6-10-14;1-3-2/h3-10H,1-2H3;3H2,1-2H3. The van der Waals surface area contributed by atoms with E-state index in [1.807, 2.05) is 48.5 Å². The third-order valence-corrected chi connectivity index (χ3v) is 2.28. The first-order chi connectivity index (χ1) is 8.65. The van der Waals surface area contributed by atoms with E-state index in [1.54, 1.807) is 0 Å². The van der Waals surface area contributed by atoms with Gasteiger partial charge in [0.15, 0.2) is 0 Å². The summed E-state index contributed by atoms with van der Waals surface area (Å²) in [6.45, 7) is 8.38. The molecule has 0 saturated heterocycles. The molecule has 0 aliphatic heterocycles. The van der Waals surface area contributed by atoms with E-state index in [0.29, 0.717) is 0 Å². The molecule has 0 aromatic heterocycles. The summed E-state index contributed by atoms with van der Waals surface area (Å²) in [6, 6.07) is 16.1. The van der Waals surface area contributed by atoms with Crippen LogP contribution in [-0.4, -0.2) is 0 Å². The number of rotatable bonds is 2. The number of hydrogen-bond donors (Lipinski definition) is 0. The minimum atomic E-state index is 0.879. The van der Waals surface area contributed by atoms with Crippen LogP contribution in [0.15, 0.2) is 48.5 Å². The SMILES string of the molecule is CCC.Cc1ccc(Oc2ccc(C)cc2)cc1. The van der Waals surface area contributed by atoms with Crippen LogP contribution in [0.4, 0.5) is 0 Å². The molecule has 0 bridgehead atoms. The van der Waals surface area contributed by atoms with Crippen molar-refractivity contribution in [2.24, 2.45) is 0 Å². The van der Waals surface area contributed by atoms with Gasteiger partial charge < -0.3 is 4.74 Å². The van der Waals surface area contributed by atoms with Gasteiger partial charge in [0.2, 0.25) is 0 Å². The second kappa shape index (κ2) is 7.54. The topological polar surface area (TPSA) is 9.23 Å². The van der Waals surface area contributed by atoms with E-state index >= 15 is 0 Å². The summed E-state index contributed by atoms with van der Waals surface area (Å²) >= 11 is 0. The predicted molar refractivity (Wildman–Crippen MR) is 78.4 cm³/mol. The van der Waals surface area contributed by atoms with Gasteiger partial charge >= 0.3 is 0 Å². The van der Waals surface area contributed by atoms with Gasteiger partial charge in [0, 0.05) is 0 Å². The molecule has 1 nitrogen and oxygen atoms in total. The van der Waals surface area contributed by atoms with Gasteiger partial charge in [-0.2, -0.15) is 0 Å². The second-order valence-corrected chi connectivity index (χ2v) is 4.44. The number of hydrogen-bond acceptors (Lipinski definition) is 1. The van der Waals surface area contributed by atoms with Gasteiger partial charge in [-0.3, -0.25) is 0 Å². The summed E-state index contributed by atoms with van der Waals surface area (Å²) in [7, 11) is 0. The van der Waals surface area contributed by atoms with Crippen molar-refractivity contribution in [1.82, 2.24) is 0 Å². The molecule has 1 heteroatoms. The molecule has 0 atom stereocenters. The van der Waals surface area contributed by atoms with Crippen molar-refractivity contribution in [2.45, 2.75) is 34.1 Å². The predicted octanol–water partition coefficient (Wildman–Crippen LogP) is 5.51. The van der Waals surface area contributed by atoms with Crippen molar-refractivity contribution >= 4 is 0 Å². The second-order valence-electron chi connectivity index (χ2n) is 4.44. The highest BCUT2D eigenvalue weighted by molar-refractivity contribution is 5.33. The summed E-state index contributed by atoms with van der Waals surface area (Å²) in [6.07, 6.45) is 1.25. The van der Waals surface area contributed by atoms with Crippen LogP contribution >= 0.6 is 0 Å². The Bertz CT molecular complexity index is 397. The first-order valence-electron chi connectivity index (χ1n) is 6.47. The van der Waals surface area contributed by atoms with Crippen molar-refractivity contribution in [3.05, 3.63) is 59.7 Å². The Labute approximate surface area is 110 Å². The van der Waals surface area contributed by atoms with Gasteiger partial charge in [-0.25, -0.2) is 0 Å². The lowest BCUT2D eigenvalue weighted by Crippen LogP contribution is -1.84. The van der Waals surface area contributed by atoms with Crippen molar-refractivity contribution < 1.29 is 4.74 Å². The highest BCUT2D eigenvalue weighted by Crippen LogP contribution is 2.21. The van der Waals surface area contributed by atoms with Crippen LogP contribution in [0.1, 0.15) is 31.4 Å². The highest BCUT2D eigenvalue weighted by Gasteiger charge is 1.95. The molecule has 18 heavy (non-hydrogen) atoms. The number of aryl methyl sites for hydroxylation is 2. The molecule has 0 heterocycles. The fraction of sp³-hybridized carbons (Fsp3) is 0.294. The average molecular weight is 242 g/mol. The molecule has 0 N–H and O–H groups in total. The van der Waals surface area contributed by atoms with Crippen LogP contribution in [0.25, 0.3) is 0 Å². The first kappa shape index (κ1) is 14.3. The van der Waals surface area contributed by atoms with Crippen molar-refractivity contribution in [2.75, 3.05) is 0 Å². The van der Waals surface area contributed by atoms with Gasteiger partial charge in [-0.1, -0.05) is 55.7 Å². The van der Waals surface area contributed by atoms with E-state index in [9.17, 15) is 0 Å². The van der Waals surface area contributed by atoms with Crippen molar-refractivity contribution in [3.8, 4) is 11.5 Å². The summed E-state index contributed by atoms with van der Waals surface area (Å²) < 4.78 is 5.69. The van der Waals surface area contributed by atoms with Gasteiger partial charge in [0.25, 0.3) is 0 Å². The molecule has 0 radical (unpaired) electrons. The van der Waals surface area contributed by atoms with Crippen LogP contribution in [0.5, 0.6) is 11.5 Å². The Morgan fingerprint density at radius 1 is 0.667 bits per heavy atom. The quantitative estimate of drug-likeness (QED) is 0.674. The molecule has 0 saturated carbocycles. The average Bonchev–Trinajstić information content (AvgIpc) is 2.36. The van der Waals surface area contributed by atoms with Crippen LogP contribution in [0.2, 0.25) is 0 Å². The lowest BCUT2D eigenvalue weighted by Gasteiger charge is -2.05. The van der Waals surface area contributed by atoms with Crippen molar-refractivity contribution in [3.63, 3.8) is 0 Å². The van der Waals surface area contributed by atoms with Crippen LogP contribution in [0, 0.1) is 13.8 Å². The maximum atomic E-state index is 5.69. The van der Waals surface area contributed by atoms with Gasteiger partial charge in [0.1, 0.15) is 11.5 Å². The fourth-order valence-corrected chi connectivity index (χ4v) is 1.35. The van der Waals surface area contributed by atoms with Crippen molar-refractivity contribution in [1.29, 1.82) is 0 Å². The molecule has 0 amide bonds. The van der Waals surface area contributed by atoms with Crippen LogP contribution in [-0.2, 0) is 0 Å². The maximum absolute atomic E-state index is 5.69. The summed E-state index contributed by atoms with van der Waals surface area (Å²) in [5.41, 5.74) is 2.48. The third-order valence-electron chi connectivity index (χ3n) is 2.28. The van der Waals surface area contributed by atoms with E-state index in [4.69, 9.17) is 4.74 Å². The number of benzene rings is 2. The fourth-order valence-electron chi connectivity index (χ4n) is 1.35. The van der Waals surface area contributed by atoms with E-state index in [0.717, 1.165) is 11.5 Å². The Hall–Kier alpha value is -1.76. The van der Waals surface area contributed by atoms with Crippen LogP contribution in [0.3, 0.4) is 0 Å². The molecule has 0 unspecified atom stereocenters. The van der Waals surface area contributed by atoms with E-state index < -0.39 is 0 Å². The first-order valence-corrected chi connectivity index (χ1v) is 6.47. The third kappa shape index (κ3) is 5.05. The molecule has 96 valence electrons. The summed E-state index contributed by atoms with van der Waals surface area (Å²) in [5, 5.41) is 0. The minimum absolute atomic E-state index is 0.879. The number of ether oxygens (including phenoxy) is 1. The molecule has 0 aliphatic rings. The summed E-state index contributed by atoms with van der Waals surface area (Å²) in [5.74, 6) is 1.76. The highest BCUT2D eigenvalue weighted by atomic mass is 16.5. The zero-order chi connectivity index (χ0) is 13.4. The molecule has 2 aromatic carbocycles. The molecule has 0 spiro atoms. The maximum Gasteiger partial charge on any atom is 0.127 e. The van der Waals surface area contributed by atoms with Gasteiger partial charge in [0.05, 0.1) is 0 Å². The molecule has 2 aromatic rings. The van der Waals surface area contributed by atoms with Crippen LogP contribution < -0.4 is 4.74 Å². The van der Waals surface area contributed by atoms with E-state index in [-0.39, 0.29) is 0 Å². The Balaban J connectivity index is 0.000000492. The largest absolute Gasteiger partial charge is 0.457 e. The Kier molecular flexibility index (Phi) is 5.99. The van der Waals surface area contributed by atoms with E-state index in [1.165, 1.54) is 17.5 Å². The summed E-state index contributed by atoms with van der Waals surface area (Å²) in [4.78, 5) is 0. The molecular formula is C17H22O. The molecule has 0 aliphatic carbocycles. The lowest BCUT2D eigenvalue weighted by atomic mass is 10.2. The lowest BCUT2D eigenvalue weighted by molar-refractivity contribution is 0.482. The van der Waals surface area contributed by atoms with E-state index in [2.05, 4.69) is 27.7 Å². The monoisotopic (exact) mass is 242 g/mol. The minimum Gasteiger partial charge on any atom is -0.457 e. The Morgan fingerprint density at radius 2 is 0.944 bits per heavy atom. The smallest absolute Gasteiger partial charge is 0.127 e. The zero-order valence-corrected chi connectivity index (χ0v) is 11.7. The molecular weight excluding hydrogens is 220 g/mol.